The van der Waals surface area contributed by atoms with Gasteiger partial charge in [-0.1, -0.05) is 6.07 Å². The van der Waals surface area contributed by atoms with E-state index in [0.717, 1.165) is 5.56 Å². The average molecular weight is 577 g/mol. The average Bonchev–Trinajstić information content (AvgIpc) is 3.31. The Labute approximate surface area is 239 Å². The number of aryl methyl sites for hydroxylation is 2. The Morgan fingerprint density at radius 1 is 1.12 bits per heavy atom. The largest absolute Gasteiger partial charge is 0.488 e. The Kier molecular flexibility index (Phi) is 11.0. The van der Waals surface area contributed by atoms with Gasteiger partial charge in [-0.05, 0) is 62.6 Å². The van der Waals surface area contributed by atoms with Crippen LogP contribution in [0, 0.1) is 12.7 Å². The van der Waals surface area contributed by atoms with Crippen LogP contribution >= 0.6 is 0 Å². The molecule has 41 heavy (non-hydrogen) atoms. The number of fused-ring (bicyclic) bond motifs is 1. The van der Waals surface area contributed by atoms with Gasteiger partial charge in [0.1, 0.15) is 18.7 Å². The molecule has 1 aromatic carbocycles. The molecule has 2 saturated heterocycles. The SMILES string of the molecule is CC(=O)N1CC[C@H]2CC[C@@H](C(=O)N[C@@H](CCC(N)=O)COc3cc(C)cc(CCCC(N)=O)c3F)N2C(=O)[C@@H](N)C1. The molecule has 0 spiro atoms. The van der Waals surface area contributed by atoms with E-state index in [2.05, 4.69) is 5.32 Å². The molecule has 2 aliphatic rings. The molecular weight excluding hydrogens is 535 g/mol. The van der Waals surface area contributed by atoms with Gasteiger partial charge in [-0.25, -0.2) is 4.39 Å². The van der Waals surface area contributed by atoms with Crippen LogP contribution in [-0.2, 0) is 30.4 Å². The van der Waals surface area contributed by atoms with Crippen LogP contribution in [0.4, 0.5) is 4.39 Å². The first kappa shape index (κ1) is 31.8. The highest BCUT2D eigenvalue weighted by atomic mass is 19.1. The van der Waals surface area contributed by atoms with E-state index in [9.17, 15) is 24.0 Å². The first-order valence-corrected chi connectivity index (χ1v) is 14.0. The van der Waals surface area contributed by atoms with Gasteiger partial charge >= 0.3 is 0 Å². The van der Waals surface area contributed by atoms with Crippen LogP contribution in [-0.4, -0.2) is 83.2 Å². The number of primary amides is 2. The lowest BCUT2D eigenvalue weighted by atomic mass is 10.0. The van der Waals surface area contributed by atoms with Crippen molar-refractivity contribution in [1.82, 2.24) is 15.1 Å². The Hall–Kier alpha value is -3.74. The molecule has 7 N–H and O–H groups in total. The fraction of sp³-hybridized carbons (Fsp3) is 0.607. The molecule has 5 amide bonds. The number of halogens is 1. The summed E-state index contributed by atoms with van der Waals surface area (Å²) < 4.78 is 21.0. The van der Waals surface area contributed by atoms with E-state index in [0.29, 0.717) is 44.2 Å². The smallest absolute Gasteiger partial charge is 0.243 e. The summed E-state index contributed by atoms with van der Waals surface area (Å²) in [6.07, 6.45) is 2.46. The molecule has 0 saturated carbocycles. The molecule has 0 bridgehead atoms. The van der Waals surface area contributed by atoms with Crippen LogP contribution < -0.4 is 27.3 Å². The molecule has 13 heteroatoms. The summed E-state index contributed by atoms with van der Waals surface area (Å²) in [6.45, 7) is 3.59. The lowest BCUT2D eigenvalue weighted by Gasteiger charge is -2.37. The molecule has 3 rings (SSSR count). The Morgan fingerprint density at radius 2 is 1.83 bits per heavy atom. The topological polar surface area (TPSA) is 191 Å². The third-order valence-electron chi connectivity index (χ3n) is 7.63. The minimum atomic E-state index is -0.953. The Balaban J connectivity index is 1.71. The molecule has 12 nitrogen and oxygen atoms in total. The van der Waals surface area contributed by atoms with Crippen molar-refractivity contribution in [2.24, 2.45) is 17.2 Å². The Bertz CT molecular complexity index is 1160. The van der Waals surface area contributed by atoms with Crippen LogP contribution in [0.1, 0.15) is 63.0 Å². The second-order valence-electron chi connectivity index (χ2n) is 10.9. The van der Waals surface area contributed by atoms with Crippen LogP contribution in [0.15, 0.2) is 12.1 Å². The minimum absolute atomic E-state index is 0.0155. The van der Waals surface area contributed by atoms with Gasteiger partial charge in [-0.2, -0.15) is 0 Å². The predicted molar refractivity (Wildman–Crippen MR) is 148 cm³/mol. The fourth-order valence-electron chi connectivity index (χ4n) is 5.50. The van der Waals surface area contributed by atoms with E-state index < -0.39 is 47.6 Å². The number of ether oxygens (including phenoxy) is 1. The maximum Gasteiger partial charge on any atom is 0.243 e. The molecule has 0 radical (unpaired) electrons. The number of carbonyl (C=O) groups excluding carboxylic acids is 5. The minimum Gasteiger partial charge on any atom is -0.488 e. The van der Waals surface area contributed by atoms with E-state index in [1.165, 1.54) is 17.9 Å². The summed E-state index contributed by atoms with van der Waals surface area (Å²) in [6, 6.07) is 0.551. The first-order chi connectivity index (χ1) is 19.4. The van der Waals surface area contributed by atoms with Gasteiger partial charge in [0.25, 0.3) is 0 Å². The van der Waals surface area contributed by atoms with Crippen LogP contribution in [0.2, 0.25) is 0 Å². The maximum atomic E-state index is 15.2. The van der Waals surface area contributed by atoms with Crippen LogP contribution in [0.3, 0.4) is 0 Å². The number of carbonyl (C=O) groups is 5. The highest BCUT2D eigenvalue weighted by molar-refractivity contribution is 5.91. The second-order valence-corrected chi connectivity index (χ2v) is 10.9. The van der Waals surface area contributed by atoms with E-state index in [1.54, 1.807) is 17.9 Å². The second kappa shape index (κ2) is 14.2. The standard InChI is InChI=1S/C28H41FN6O6/c1-16-12-18(4-3-5-24(31)37)26(29)23(13-16)41-15-19(6-9-25(32)38)33-27(39)22-8-7-20-10-11-34(17(2)36)14-21(30)28(40)35(20)22/h12-13,19-22H,3-11,14-15,30H2,1-2H3,(H2,31,37)(H2,32,38)(H,33,39)/t19-,20+,21-,22-/m0/s1. The number of hydrogen-bond donors (Lipinski definition) is 4. The summed E-state index contributed by atoms with van der Waals surface area (Å²) in [5.41, 5.74) is 17.8. The molecule has 2 heterocycles. The molecule has 4 atom stereocenters. The van der Waals surface area contributed by atoms with Crippen molar-refractivity contribution in [3.8, 4) is 5.75 Å². The van der Waals surface area contributed by atoms with Crippen molar-refractivity contribution in [2.45, 2.75) is 89.4 Å². The number of benzene rings is 1. The molecule has 226 valence electrons. The third-order valence-corrected chi connectivity index (χ3v) is 7.63. The zero-order valence-corrected chi connectivity index (χ0v) is 23.7. The summed E-state index contributed by atoms with van der Waals surface area (Å²) >= 11 is 0. The van der Waals surface area contributed by atoms with Crippen molar-refractivity contribution in [2.75, 3.05) is 19.7 Å². The summed E-state index contributed by atoms with van der Waals surface area (Å²) in [5.74, 6) is -2.59. The third kappa shape index (κ3) is 8.62. The van der Waals surface area contributed by atoms with Gasteiger partial charge in [0.15, 0.2) is 11.6 Å². The highest BCUT2D eigenvalue weighted by Gasteiger charge is 2.44. The lowest BCUT2D eigenvalue weighted by molar-refractivity contribution is -0.144. The van der Waals surface area contributed by atoms with Crippen molar-refractivity contribution < 1.29 is 33.1 Å². The number of nitrogens with one attached hydrogen (secondary N) is 1. The number of hydrogen-bond acceptors (Lipinski definition) is 7. The Morgan fingerprint density at radius 3 is 2.49 bits per heavy atom. The predicted octanol–water partition coefficient (Wildman–Crippen LogP) is 0.0103. The van der Waals surface area contributed by atoms with Crippen molar-refractivity contribution in [3.63, 3.8) is 0 Å². The summed E-state index contributed by atoms with van der Waals surface area (Å²) in [7, 11) is 0. The monoisotopic (exact) mass is 576 g/mol. The van der Waals surface area contributed by atoms with Crippen molar-refractivity contribution >= 4 is 29.5 Å². The summed E-state index contributed by atoms with van der Waals surface area (Å²) in [4.78, 5) is 64.2. The molecule has 0 aromatic heterocycles. The molecule has 0 unspecified atom stereocenters. The van der Waals surface area contributed by atoms with E-state index in [4.69, 9.17) is 21.9 Å². The van der Waals surface area contributed by atoms with Crippen LogP contribution in [0.5, 0.6) is 5.75 Å². The highest BCUT2D eigenvalue weighted by Crippen LogP contribution is 2.29. The van der Waals surface area contributed by atoms with Crippen molar-refractivity contribution in [1.29, 1.82) is 0 Å². The molecule has 2 aliphatic heterocycles. The van der Waals surface area contributed by atoms with E-state index in [1.807, 2.05) is 0 Å². The van der Waals surface area contributed by atoms with Crippen LogP contribution in [0.25, 0.3) is 0 Å². The molecule has 0 aliphatic carbocycles. The number of nitrogens with two attached hydrogens (primary N) is 3. The fourth-order valence-corrected chi connectivity index (χ4v) is 5.50. The molecule has 1 aromatic rings. The van der Waals surface area contributed by atoms with E-state index >= 15 is 4.39 Å². The normalized spacial score (nSPS) is 21.5. The quantitative estimate of drug-likeness (QED) is 0.269. The zero-order valence-electron chi connectivity index (χ0n) is 23.7. The maximum absolute atomic E-state index is 15.2. The van der Waals surface area contributed by atoms with Gasteiger partial charge in [0.05, 0.1) is 6.04 Å². The number of rotatable bonds is 12. The summed E-state index contributed by atoms with van der Waals surface area (Å²) in [5, 5.41) is 2.87. The number of nitrogens with zero attached hydrogens (tertiary/aromatic N) is 2. The number of amides is 5. The molecular formula is C28H41FN6O6. The van der Waals surface area contributed by atoms with Gasteiger partial charge in [-0.3, -0.25) is 24.0 Å². The van der Waals surface area contributed by atoms with Gasteiger partial charge in [-0.15, -0.1) is 0 Å². The van der Waals surface area contributed by atoms with Gasteiger partial charge in [0, 0.05) is 38.9 Å². The zero-order chi connectivity index (χ0) is 30.3. The van der Waals surface area contributed by atoms with E-state index in [-0.39, 0.29) is 50.1 Å². The first-order valence-electron chi connectivity index (χ1n) is 14.0. The van der Waals surface area contributed by atoms with Gasteiger partial charge in [0.2, 0.25) is 29.5 Å². The molecule has 2 fully saturated rings. The van der Waals surface area contributed by atoms with Crippen molar-refractivity contribution in [3.05, 3.63) is 29.1 Å². The lowest BCUT2D eigenvalue weighted by Crippen LogP contribution is -2.59. The van der Waals surface area contributed by atoms with Gasteiger partial charge < -0.3 is 37.1 Å².